The number of fused-ring (bicyclic) bond motifs is 3. The molecule has 0 spiro atoms. The van der Waals surface area contributed by atoms with Crippen molar-refractivity contribution in [2.45, 2.75) is 57.5 Å². The Balaban J connectivity index is 1.66. The van der Waals surface area contributed by atoms with Crippen molar-refractivity contribution in [1.82, 2.24) is 10.6 Å². The molecule has 3 N–H and O–H groups in total. The van der Waals surface area contributed by atoms with Crippen molar-refractivity contribution in [3.05, 3.63) is 59.7 Å². The number of carboxylic acids is 1. The lowest BCUT2D eigenvalue weighted by atomic mass is 9.94. The van der Waals surface area contributed by atoms with Crippen molar-refractivity contribution in [2.75, 3.05) is 6.61 Å². The molecule has 1 aliphatic carbocycles. The lowest BCUT2D eigenvalue weighted by molar-refractivity contribution is -0.148. The topological polar surface area (TPSA) is 105 Å². The Morgan fingerprint density at radius 2 is 1.47 bits per heavy atom. The Morgan fingerprint density at radius 3 is 1.97 bits per heavy atom. The number of amides is 2. The number of hydrogen-bond acceptors (Lipinski definition) is 4. The summed E-state index contributed by atoms with van der Waals surface area (Å²) in [5.41, 5.74) is 1.67. The van der Waals surface area contributed by atoms with Crippen molar-refractivity contribution in [3.63, 3.8) is 0 Å². The summed E-state index contributed by atoms with van der Waals surface area (Å²) in [5.74, 6) is -1.81. The number of rotatable bonds is 8. The van der Waals surface area contributed by atoms with Gasteiger partial charge in [-0.15, -0.1) is 0 Å². The highest BCUT2D eigenvalue weighted by molar-refractivity contribution is 5.93. The zero-order valence-corrected chi connectivity index (χ0v) is 18.9. The fourth-order valence-electron chi connectivity index (χ4n) is 4.08. The fourth-order valence-corrected chi connectivity index (χ4v) is 4.08. The van der Waals surface area contributed by atoms with Crippen molar-refractivity contribution >= 4 is 18.0 Å². The third-order valence-corrected chi connectivity index (χ3v) is 5.94. The van der Waals surface area contributed by atoms with Gasteiger partial charge in [-0.1, -0.05) is 61.9 Å². The molecule has 3 rings (SSSR count). The average molecular weight is 439 g/mol. The molecule has 0 bridgehead atoms. The molecule has 0 saturated carbocycles. The zero-order valence-electron chi connectivity index (χ0n) is 18.9. The number of carbonyl (C=O) groups is 3. The number of carboxylic acid groups (broad SMARTS) is 1. The van der Waals surface area contributed by atoms with E-state index in [4.69, 9.17) is 4.74 Å². The van der Waals surface area contributed by atoms with Crippen LogP contribution in [-0.2, 0) is 14.3 Å². The van der Waals surface area contributed by atoms with E-state index in [-0.39, 0.29) is 18.9 Å². The van der Waals surface area contributed by atoms with Crippen LogP contribution in [0.1, 0.15) is 57.6 Å². The summed E-state index contributed by atoms with van der Waals surface area (Å²) in [6, 6.07) is 16.0. The van der Waals surface area contributed by atoms with E-state index in [9.17, 15) is 19.5 Å². The molecule has 0 saturated heterocycles. The number of alkyl carbamates (subject to hydrolysis) is 1. The molecule has 2 aromatic carbocycles. The first-order valence-electron chi connectivity index (χ1n) is 10.8. The second kappa shape index (κ2) is 9.02. The van der Waals surface area contributed by atoms with Gasteiger partial charge in [0.2, 0.25) is 5.91 Å². The predicted molar refractivity (Wildman–Crippen MR) is 121 cm³/mol. The number of hydrogen-bond donors (Lipinski definition) is 3. The van der Waals surface area contributed by atoms with E-state index in [1.165, 1.54) is 20.8 Å². The first-order valence-corrected chi connectivity index (χ1v) is 10.8. The molecular formula is C25H30N2O5. The second-order valence-corrected chi connectivity index (χ2v) is 8.92. The van der Waals surface area contributed by atoms with Gasteiger partial charge < -0.3 is 20.5 Å². The van der Waals surface area contributed by atoms with Gasteiger partial charge in [-0.25, -0.2) is 9.59 Å². The highest BCUT2D eigenvalue weighted by Crippen LogP contribution is 2.44. The van der Waals surface area contributed by atoms with Crippen LogP contribution in [0.25, 0.3) is 11.1 Å². The average Bonchev–Trinajstić information content (AvgIpc) is 3.06. The smallest absolute Gasteiger partial charge is 0.408 e. The Kier molecular flexibility index (Phi) is 6.57. The Hall–Kier alpha value is -3.35. The van der Waals surface area contributed by atoms with Crippen LogP contribution in [-0.4, -0.2) is 40.8 Å². The van der Waals surface area contributed by atoms with E-state index >= 15 is 0 Å². The highest BCUT2D eigenvalue weighted by atomic mass is 16.5. The summed E-state index contributed by atoms with van der Waals surface area (Å²) < 4.78 is 5.50. The molecule has 0 radical (unpaired) electrons. The molecule has 1 aliphatic rings. The number of carbonyl (C=O) groups excluding carboxylic acids is 2. The van der Waals surface area contributed by atoms with Gasteiger partial charge in [0, 0.05) is 5.92 Å². The van der Waals surface area contributed by atoms with Crippen molar-refractivity contribution in [1.29, 1.82) is 0 Å². The van der Waals surface area contributed by atoms with Crippen LogP contribution in [0.5, 0.6) is 0 Å². The largest absolute Gasteiger partial charge is 0.480 e. The maximum absolute atomic E-state index is 12.7. The molecule has 7 heteroatoms. The minimum Gasteiger partial charge on any atom is -0.480 e. The van der Waals surface area contributed by atoms with Crippen LogP contribution >= 0.6 is 0 Å². The lowest BCUT2D eigenvalue weighted by Crippen LogP contribution is -2.62. The number of aliphatic carboxylic acids is 1. The van der Waals surface area contributed by atoms with Gasteiger partial charge in [0.1, 0.15) is 17.7 Å². The standard InChI is InChI=1S/C25H30N2O5/c1-5-14-25(4,22(29)30)26-21(28)24(2,3)27-23(31)32-15-20-18-12-8-6-10-16(18)17-11-7-9-13-19(17)20/h6-13,20H,5,14-15H2,1-4H3,(H,26,28)(H,27,31)(H,29,30). The summed E-state index contributed by atoms with van der Waals surface area (Å²) in [4.78, 5) is 36.9. The molecule has 2 aromatic rings. The molecule has 2 amide bonds. The maximum Gasteiger partial charge on any atom is 0.408 e. The molecule has 0 aliphatic heterocycles. The van der Waals surface area contributed by atoms with Crippen molar-refractivity contribution in [2.24, 2.45) is 0 Å². The summed E-state index contributed by atoms with van der Waals surface area (Å²) in [5, 5.41) is 14.6. The second-order valence-electron chi connectivity index (χ2n) is 8.92. The monoisotopic (exact) mass is 438 g/mol. The Labute approximate surface area is 188 Å². The predicted octanol–water partition coefficient (Wildman–Crippen LogP) is 4.06. The Morgan fingerprint density at radius 1 is 0.938 bits per heavy atom. The molecule has 0 fully saturated rings. The molecule has 7 nitrogen and oxygen atoms in total. The van der Waals surface area contributed by atoms with Gasteiger partial charge in [0.15, 0.2) is 0 Å². The molecule has 170 valence electrons. The normalized spacial score (nSPS) is 14.6. The lowest BCUT2D eigenvalue weighted by Gasteiger charge is -2.32. The third-order valence-electron chi connectivity index (χ3n) is 5.94. The van der Waals surface area contributed by atoms with Gasteiger partial charge in [-0.05, 0) is 49.4 Å². The molecule has 1 atom stereocenters. The summed E-state index contributed by atoms with van der Waals surface area (Å²) in [6.45, 7) is 6.45. The van der Waals surface area contributed by atoms with Gasteiger partial charge in [-0.3, -0.25) is 4.79 Å². The highest BCUT2D eigenvalue weighted by Gasteiger charge is 2.39. The van der Waals surface area contributed by atoms with E-state index in [2.05, 4.69) is 22.8 Å². The van der Waals surface area contributed by atoms with Crippen LogP contribution in [0.4, 0.5) is 4.79 Å². The third kappa shape index (κ3) is 4.61. The quantitative estimate of drug-likeness (QED) is 0.576. The van der Waals surface area contributed by atoms with E-state index in [1.54, 1.807) is 0 Å². The van der Waals surface area contributed by atoms with E-state index in [0.29, 0.717) is 6.42 Å². The van der Waals surface area contributed by atoms with Gasteiger partial charge in [0.25, 0.3) is 0 Å². The number of ether oxygens (including phenoxy) is 1. The van der Waals surface area contributed by atoms with Crippen LogP contribution in [0.2, 0.25) is 0 Å². The summed E-state index contributed by atoms with van der Waals surface area (Å²) in [7, 11) is 0. The van der Waals surface area contributed by atoms with E-state index < -0.39 is 29.0 Å². The number of benzene rings is 2. The maximum atomic E-state index is 12.7. The van der Waals surface area contributed by atoms with E-state index in [0.717, 1.165) is 22.3 Å². The van der Waals surface area contributed by atoms with Crippen LogP contribution in [0.15, 0.2) is 48.5 Å². The van der Waals surface area contributed by atoms with Crippen LogP contribution in [0, 0.1) is 0 Å². The fraction of sp³-hybridized carbons (Fsp3) is 0.400. The number of nitrogens with one attached hydrogen (secondary N) is 2. The van der Waals surface area contributed by atoms with Crippen LogP contribution < -0.4 is 10.6 Å². The van der Waals surface area contributed by atoms with Gasteiger partial charge in [0.05, 0.1) is 0 Å². The zero-order chi connectivity index (χ0) is 23.5. The van der Waals surface area contributed by atoms with Crippen molar-refractivity contribution in [3.8, 4) is 11.1 Å². The minimum absolute atomic E-state index is 0.0926. The minimum atomic E-state index is -1.41. The molecule has 1 unspecified atom stereocenters. The SMILES string of the molecule is CCCC(C)(NC(=O)C(C)(C)NC(=O)OCC1c2ccccc2-c2ccccc21)C(=O)O. The molecule has 32 heavy (non-hydrogen) atoms. The first-order chi connectivity index (χ1) is 15.1. The molecule has 0 heterocycles. The van der Waals surface area contributed by atoms with Crippen LogP contribution in [0.3, 0.4) is 0 Å². The van der Waals surface area contributed by atoms with Gasteiger partial charge in [-0.2, -0.15) is 0 Å². The van der Waals surface area contributed by atoms with Crippen molar-refractivity contribution < 1.29 is 24.2 Å². The molecular weight excluding hydrogens is 408 g/mol. The first kappa shape index (κ1) is 23.3. The molecule has 0 aromatic heterocycles. The van der Waals surface area contributed by atoms with E-state index in [1.807, 2.05) is 43.3 Å². The van der Waals surface area contributed by atoms with Gasteiger partial charge >= 0.3 is 12.1 Å². The Bertz CT molecular complexity index is 987. The summed E-state index contributed by atoms with van der Waals surface area (Å²) >= 11 is 0. The summed E-state index contributed by atoms with van der Waals surface area (Å²) in [6.07, 6.45) is 0.123.